The van der Waals surface area contributed by atoms with Crippen LogP contribution in [0.1, 0.15) is 66.2 Å². The summed E-state index contributed by atoms with van der Waals surface area (Å²) in [6, 6.07) is 0.380. The first kappa shape index (κ1) is 20.2. The SMILES string of the molecule is CCC/C(C)=C/COC/C=N/N1CCC[C@H]1C(CC)(CC)OC. The van der Waals surface area contributed by atoms with Gasteiger partial charge in [-0.25, -0.2) is 0 Å². The van der Waals surface area contributed by atoms with Gasteiger partial charge in [-0.1, -0.05) is 38.8 Å². The second kappa shape index (κ2) is 10.8. The molecule has 0 spiro atoms. The van der Waals surface area contributed by atoms with E-state index < -0.39 is 0 Å². The zero-order chi connectivity index (χ0) is 17.1. The van der Waals surface area contributed by atoms with Crippen LogP contribution >= 0.6 is 0 Å². The molecule has 1 fully saturated rings. The predicted molar refractivity (Wildman–Crippen MR) is 98.0 cm³/mol. The Morgan fingerprint density at radius 2 is 2.00 bits per heavy atom. The molecule has 1 rings (SSSR count). The van der Waals surface area contributed by atoms with E-state index in [-0.39, 0.29) is 5.60 Å². The van der Waals surface area contributed by atoms with Crippen molar-refractivity contribution in [3.05, 3.63) is 11.6 Å². The van der Waals surface area contributed by atoms with Gasteiger partial charge in [0, 0.05) is 13.7 Å². The Kier molecular flexibility index (Phi) is 9.49. The van der Waals surface area contributed by atoms with Crippen LogP contribution < -0.4 is 0 Å². The Hall–Kier alpha value is -0.870. The first-order valence-corrected chi connectivity index (χ1v) is 9.21. The lowest BCUT2D eigenvalue weighted by atomic mass is 9.87. The standard InChI is InChI=1S/C19H36N2O2/c1-6-10-17(4)12-15-23-16-13-20-21-14-9-11-18(21)19(7-2,8-3)22-5/h12-13,18H,6-11,14-16H2,1-5H3/b17-12+,20-13+/t18-/m0/s1. The number of nitrogens with zero attached hydrogens (tertiary/aromatic N) is 2. The monoisotopic (exact) mass is 324 g/mol. The van der Waals surface area contributed by atoms with Gasteiger partial charge in [-0.15, -0.1) is 0 Å². The molecule has 1 saturated heterocycles. The Labute approximate surface area is 142 Å². The molecule has 0 bridgehead atoms. The van der Waals surface area contributed by atoms with Gasteiger partial charge in [-0.05, 0) is 39.0 Å². The average molecular weight is 325 g/mol. The Bertz CT molecular complexity index is 367. The lowest BCUT2D eigenvalue weighted by molar-refractivity contribution is -0.0731. The first-order valence-electron chi connectivity index (χ1n) is 9.21. The fraction of sp³-hybridized carbons (Fsp3) is 0.842. The summed E-state index contributed by atoms with van der Waals surface area (Å²) in [5.41, 5.74) is 1.33. The number of hydrogen-bond acceptors (Lipinski definition) is 4. The van der Waals surface area contributed by atoms with Crippen molar-refractivity contribution < 1.29 is 9.47 Å². The zero-order valence-corrected chi connectivity index (χ0v) is 15.8. The van der Waals surface area contributed by atoms with Crippen molar-refractivity contribution in [1.82, 2.24) is 5.01 Å². The lowest BCUT2D eigenvalue weighted by Crippen LogP contribution is -2.48. The Morgan fingerprint density at radius 3 is 2.61 bits per heavy atom. The predicted octanol–water partition coefficient (Wildman–Crippen LogP) is 4.40. The maximum atomic E-state index is 5.89. The molecule has 4 heteroatoms. The van der Waals surface area contributed by atoms with Crippen molar-refractivity contribution in [2.75, 3.05) is 26.9 Å². The van der Waals surface area contributed by atoms with E-state index in [1.807, 2.05) is 13.3 Å². The van der Waals surface area contributed by atoms with Crippen LogP contribution in [-0.2, 0) is 9.47 Å². The number of rotatable bonds is 11. The van der Waals surface area contributed by atoms with Crippen LogP contribution in [-0.4, -0.2) is 49.7 Å². The minimum atomic E-state index is -0.0747. The third-order valence-electron chi connectivity index (χ3n) is 5.05. The van der Waals surface area contributed by atoms with E-state index in [2.05, 4.69) is 43.9 Å². The van der Waals surface area contributed by atoms with Crippen LogP contribution in [0.5, 0.6) is 0 Å². The van der Waals surface area contributed by atoms with Crippen LogP contribution in [0.4, 0.5) is 0 Å². The molecule has 4 nitrogen and oxygen atoms in total. The molecule has 0 aliphatic carbocycles. The van der Waals surface area contributed by atoms with Crippen LogP contribution in [0.15, 0.2) is 16.8 Å². The normalized spacial score (nSPS) is 20.0. The Morgan fingerprint density at radius 1 is 1.26 bits per heavy atom. The van der Waals surface area contributed by atoms with Crippen LogP contribution in [0, 0.1) is 0 Å². The third kappa shape index (κ3) is 5.92. The van der Waals surface area contributed by atoms with Crippen molar-refractivity contribution in [2.24, 2.45) is 5.10 Å². The van der Waals surface area contributed by atoms with E-state index >= 15 is 0 Å². The Balaban J connectivity index is 2.44. The summed E-state index contributed by atoms with van der Waals surface area (Å²) in [5.74, 6) is 0. The van der Waals surface area contributed by atoms with E-state index in [1.54, 1.807) is 0 Å². The van der Waals surface area contributed by atoms with E-state index in [9.17, 15) is 0 Å². The minimum absolute atomic E-state index is 0.0747. The van der Waals surface area contributed by atoms with Crippen molar-refractivity contribution in [3.8, 4) is 0 Å². The topological polar surface area (TPSA) is 34.1 Å². The molecule has 1 aliphatic rings. The highest BCUT2D eigenvalue weighted by Crippen LogP contribution is 2.34. The summed E-state index contributed by atoms with van der Waals surface area (Å²) in [5, 5.41) is 6.86. The summed E-state index contributed by atoms with van der Waals surface area (Å²) in [6.07, 6.45) is 10.8. The molecule has 1 heterocycles. The van der Waals surface area contributed by atoms with Crippen molar-refractivity contribution >= 4 is 6.21 Å². The fourth-order valence-corrected chi connectivity index (χ4v) is 3.53. The third-order valence-corrected chi connectivity index (χ3v) is 5.05. The molecular formula is C19H36N2O2. The van der Waals surface area contributed by atoms with Gasteiger partial charge < -0.3 is 9.47 Å². The van der Waals surface area contributed by atoms with Gasteiger partial charge in [0.1, 0.15) is 0 Å². The molecule has 0 aromatic rings. The molecule has 0 saturated carbocycles. The van der Waals surface area contributed by atoms with Crippen LogP contribution in [0.3, 0.4) is 0 Å². The molecule has 0 unspecified atom stereocenters. The lowest BCUT2D eigenvalue weighted by Gasteiger charge is -2.39. The number of methoxy groups -OCH3 is 1. The molecule has 0 aromatic carbocycles. The second-order valence-electron chi connectivity index (χ2n) is 6.43. The summed E-state index contributed by atoms with van der Waals surface area (Å²) in [7, 11) is 1.83. The molecule has 0 radical (unpaired) electrons. The zero-order valence-electron chi connectivity index (χ0n) is 15.8. The second-order valence-corrected chi connectivity index (χ2v) is 6.43. The van der Waals surface area contributed by atoms with Gasteiger partial charge in [-0.2, -0.15) is 5.10 Å². The fourth-order valence-electron chi connectivity index (χ4n) is 3.53. The molecular weight excluding hydrogens is 288 g/mol. The van der Waals surface area contributed by atoms with Crippen molar-refractivity contribution in [1.29, 1.82) is 0 Å². The summed E-state index contributed by atoms with van der Waals surface area (Å²) >= 11 is 0. The highest BCUT2D eigenvalue weighted by molar-refractivity contribution is 5.58. The van der Waals surface area contributed by atoms with E-state index in [0.717, 1.165) is 32.2 Å². The molecule has 1 atom stereocenters. The summed E-state index contributed by atoms with van der Waals surface area (Å²) in [6.45, 7) is 11.0. The smallest absolute Gasteiger partial charge is 0.0892 e. The van der Waals surface area contributed by atoms with Crippen molar-refractivity contribution in [3.63, 3.8) is 0 Å². The van der Waals surface area contributed by atoms with Crippen molar-refractivity contribution in [2.45, 2.75) is 77.9 Å². The summed E-state index contributed by atoms with van der Waals surface area (Å²) in [4.78, 5) is 0. The van der Waals surface area contributed by atoms with E-state index in [4.69, 9.17) is 9.47 Å². The van der Waals surface area contributed by atoms with Gasteiger partial charge in [0.2, 0.25) is 0 Å². The number of hydrogen-bond donors (Lipinski definition) is 0. The molecule has 0 N–H and O–H groups in total. The van der Waals surface area contributed by atoms with E-state index in [1.165, 1.54) is 18.4 Å². The molecule has 0 amide bonds. The largest absolute Gasteiger partial charge is 0.376 e. The van der Waals surface area contributed by atoms with Crippen LogP contribution in [0.25, 0.3) is 0 Å². The number of ether oxygens (including phenoxy) is 2. The molecule has 0 aromatic heterocycles. The quantitative estimate of drug-likeness (QED) is 0.321. The van der Waals surface area contributed by atoms with Crippen LogP contribution in [0.2, 0.25) is 0 Å². The van der Waals surface area contributed by atoms with Gasteiger partial charge in [0.05, 0.1) is 31.1 Å². The molecule has 23 heavy (non-hydrogen) atoms. The molecule has 134 valence electrons. The summed E-state index contributed by atoms with van der Waals surface area (Å²) < 4.78 is 11.5. The maximum absolute atomic E-state index is 5.89. The van der Waals surface area contributed by atoms with Gasteiger partial charge >= 0.3 is 0 Å². The van der Waals surface area contributed by atoms with Gasteiger partial charge in [0.15, 0.2) is 0 Å². The minimum Gasteiger partial charge on any atom is -0.376 e. The van der Waals surface area contributed by atoms with E-state index in [0.29, 0.717) is 19.3 Å². The highest BCUT2D eigenvalue weighted by atomic mass is 16.5. The number of hydrazone groups is 1. The maximum Gasteiger partial charge on any atom is 0.0892 e. The number of allylic oxidation sites excluding steroid dienone is 1. The first-order chi connectivity index (χ1) is 11.1. The highest BCUT2D eigenvalue weighted by Gasteiger charge is 2.41. The molecule has 1 aliphatic heterocycles. The average Bonchev–Trinajstić information content (AvgIpc) is 3.02. The van der Waals surface area contributed by atoms with Gasteiger partial charge in [-0.3, -0.25) is 5.01 Å². The van der Waals surface area contributed by atoms with Gasteiger partial charge in [0.25, 0.3) is 0 Å².